The van der Waals surface area contributed by atoms with Gasteiger partial charge in [-0.25, -0.2) is 9.97 Å². The first-order valence-corrected chi connectivity index (χ1v) is 15.5. The van der Waals surface area contributed by atoms with Crippen LogP contribution in [0, 0.1) is 0 Å². The molecule has 10 heteroatoms. The molecule has 0 unspecified atom stereocenters. The van der Waals surface area contributed by atoms with Crippen molar-refractivity contribution < 1.29 is 9.53 Å². The van der Waals surface area contributed by atoms with E-state index in [0.717, 1.165) is 77.0 Å². The van der Waals surface area contributed by atoms with E-state index in [4.69, 9.17) is 21.3 Å². The van der Waals surface area contributed by atoms with E-state index in [1.807, 2.05) is 36.4 Å². The summed E-state index contributed by atoms with van der Waals surface area (Å²) < 4.78 is 5.38. The number of anilines is 1. The minimum absolute atomic E-state index is 0.0545. The van der Waals surface area contributed by atoms with Crippen LogP contribution < -0.4 is 10.2 Å². The number of thioether (sulfide) groups is 1. The molecule has 2 aliphatic rings. The fourth-order valence-corrected chi connectivity index (χ4v) is 5.90. The SMILES string of the molecule is O=C(NCCN1CCOCC1)c1cccc(CSc2nc(Cl)cc(N3CCN(CC=Cc4ccccc4)CC3)n2)c1. The van der Waals surface area contributed by atoms with Crippen LogP contribution >= 0.6 is 23.4 Å². The molecule has 0 bridgehead atoms. The van der Waals surface area contributed by atoms with Gasteiger partial charge in [0.1, 0.15) is 11.0 Å². The molecule has 1 N–H and O–H groups in total. The lowest BCUT2D eigenvalue weighted by Gasteiger charge is -2.35. The van der Waals surface area contributed by atoms with Crippen LogP contribution in [0.2, 0.25) is 5.15 Å². The van der Waals surface area contributed by atoms with Gasteiger partial charge in [-0.15, -0.1) is 0 Å². The third-order valence-corrected chi connectivity index (χ3v) is 8.32. The van der Waals surface area contributed by atoms with E-state index in [-0.39, 0.29) is 5.91 Å². The average molecular weight is 593 g/mol. The Balaban J connectivity index is 1.09. The smallest absolute Gasteiger partial charge is 0.251 e. The maximum absolute atomic E-state index is 12.7. The van der Waals surface area contributed by atoms with Crippen LogP contribution in [0.3, 0.4) is 0 Å². The molecule has 0 aliphatic carbocycles. The van der Waals surface area contributed by atoms with Crippen molar-refractivity contribution in [3.63, 3.8) is 0 Å². The normalized spacial score (nSPS) is 16.8. The molecular weight excluding hydrogens is 556 g/mol. The van der Waals surface area contributed by atoms with Crippen molar-refractivity contribution in [3.05, 3.63) is 88.6 Å². The summed E-state index contributed by atoms with van der Waals surface area (Å²) in [6, 6.07) is 20.0. The number of piperazine rings is 1. The summed E-state index contributed by atoms with van der Waals surface area (Å²) in [5.74, 6) is 1.46. The van der Waals surface area contributed by atoms with Gasteiger partial charge in [-0.05, 0) is 23.3 Å². The van der Waals surface area contributed by atoms with E-state index in [1.54, 1.807) is 0 Å². The molecule has 3 heterocycles. The number of ether oxygens (including phenoxy) is 1. The first-order valence-electron chi connectivity index (χ1n) is 14.2. The molecule has 5 rings (SSSR count). The second-order valence-electron chi connectivity index (χ2n) is 10.1. The molecule has 0 spiro atoms. The molecule has 216 valence electrons. The van der Waals surface area contributed by atoms with Crippen LogP contribution in [0.1, 0.15) is 21.5 Å². The quantitative estimate of drug-likeness (QED) is 0.201. The van der Waals surface area contributed by atoms with Gasteiger partial charge in [-0.3, -0.25) is 14.6 Å². The van der Waals surface area contributed by atoms with Crippen LogP contribution in [-0.4, -0.2) is 97.8 Å². The highest BCUT2D eigenvalue weighted by molar-refractivity contribution is 7.98. The average Bonchev–Trinajstić information content (AvgIpc) is 3.01. The molecule has 2 fully saturated rings. The predicted molar refractivity (Wildman–Crippen MR) is 167 cm³/mol. The fourth-order valence-electron chi connectivity index (χ4n) is 4.88. The van der Waals surface area contributed by atoms with Crippen molar-refractivity contribution in [3.8, 4) is 0 Å². The molecule has 3 aromatic rings. The molecule has 8 nitrogen and oxygen atoms in total. The minimum Gasteiger partial charge on any atom is -0.379 e. The highest BCUT2D eigenvalue weighted by Gasteiger charge is 2.19. The van der Waals surface area contributed by atoms with E-state index in [0.29, 0.717) is 28.2 Å². The molecule has 1 amide bonds. The van der Waals surface area contributed by atoms with Crippen LogP contribution in [0.4, 0.5) is 5.82 Å². The van der Waals surface area contributed by atoms with Crippen molar-refractivity contribution in [2.45, 2.75) is 10.9 Å². The topological polar surface area (TPSA) is 73.8 Å². The van der Waals surface area contributed by atoms with Crippen LogP contribution in [0.15, 0.2) is 71.9 Å². The van der Waals surface area contributed by atoms with Crippen molar-refractivity contribution >= 4 is 41.2 Å². The maximum atomic E-state index is 12.7. The van der Waals surface area contributed by atoms with Crippen molar-refractivity contribution in [1.82, 2.24) is 25.1 Å². The van der Waals surface area contributed by atoms with Gasteiger partial charge < -0.3 is 15.0 Å². The molecule has 1 aromatic heterocycles. The van der Waals surface area contributed by atoms with Crippen LogP contribution in [0.25, 0.3) is 6.08 Å². The summed E-state index contributed by atoms with van der Waals surface area (Å²) in [6.45, 7) is 9.44. The predicted octanol–water partition coefficient (Wildman–Crippen LogP) is 4.32. The molecule has 2 saturated heterocycles. The van der Waals surface area contributed by atoms with Gasteiger partial charge in [-0.1, -0.05) is 78.0 Å². The van der Waals surface area contributed by atoms with E-state index >= 15 is 0 Å². The highest BCUT2D eigenvalue weighted by atomic mass is 35.5. The molecule has 0 saturated carbocycles. The summed E-state index contributed by atoms with van der Waals surface area (Å²) in [5, 5.41) is 4.12. The van der Waals surface area contributed by atoms with Crippen LogP contribution in [0.5, 0.6) is 0 Å². The first-order chi connectivity index (χ1) is 20.1. The highest BCUT2D eigenvalue weighted by Crippen LogP contribution is 2.25. The molecule has 0 radical (unpaired) electrons. The summed E-state index contributed by atoms with van der Waals surface area (Å²) in [7, 11) is 0. The zero-order chi connectivity index (χ0) is 28.3. The van der Waals surface area contributed by atoms with Gasteiger partial charge in [0, 0.05) is 76.3 Å². The Labute approximate surface area is 251 Å². The number of nitrogens with one attached hydrogen (secondary N) is 1. The Hall–Kier alpha value is -2.95. The largest absolute Gasteiger partial charge is 0.379 e. The summed E-state index contributed by atoms with van der Waals surface area (Å²) in [5.41, 5.74) is 2.92. The minimum atomic E-state index is -0.0545. The number of hydrogen-bond donors (Lipinski definition) is 1. The Morgan fingerprint density at radius 2 is 1.76 bits per heavy atom. The monoisotopic (exact) mass is 592 g/mol. The maximum Gasteiger partial charge on any atom is 0.251 e. The van der Waals surface area contributed by atoms with Gasteiger partial charge in [0.15, 0.2) is 5.16 Å². The first kappa shape index (κ1) is 29.5. The van der Waals surface area contributed by atoms with E-state index in [9.17, 15) is 4.79 Å². The van der Waals surface area contributed by atoms with E-state index in [1.165, 1.54) is 17.3 Å². The zero-order valence-electron chi connectivity index (χ0n) is 23.3. The number of carbonyl (C=O) groups excluding carboxylic acids is 1. The van der Waals surface area contributed by atoms with E-state index < -0.39 is 0 Å². The Morgan fingerprint density at radius 1 is 0.951 bits per heavy atom. The second kappa shape index (κ2) is 15.3. The Bertz CT molecular complexity index is 1300. The van der Waals surface area contributed by atoms with E-state index in [2.05, 4.69) is 61.4 Å². The number of halogens is 1. The number of morpholine rings is 1. The number of amides is 1. The van der Waals surface area contributed by atoms with Gasteiger partial charge in [0.2, 0.25) is 0 Å². The van der Waals surface area contributed by atoms with Crippen molar-refractivity contribution in [1.29, 1.82) is 0 Å². The number of carbonyl (C=O) groups is 1. The third-order valence-electron chi connectivity index (χ3n) is 7.21. The lowest BCUT2D eigenvalue weighted by atomic mass is 10.1. The molecule has 2 aliphatic heterocycles. The number of benzene rings is 2. The number of nitrogens with zero attached hydrogens (tertiary/aromatic N) is 5. The van der Waals surface area contributed by atoms with Gasteiger partial charge in [-0.2, -0.15) is 0 Å². The van der Waals surface area contributed by atoms with Crippen molar-refractivity contribution in [2.24, 2.45) is 0 Å². The molecular formula is C31H37ClN6O2S. The lowest BCUT2D eigenvalue weighted by Crippen LogP contribution is -2.46. The molecule has 41 heavy (non-hydrogen) atoms. The summed E-state index contributed by atoms with van der Waals surface area (Å²) in [6.07, 6.45) is 4.40. The molecule has 0 atom stereocenters. The fraction of sp³-hybridized carbons (Fsp3) is 0.387. The summed E-state index contributed by atoms with van der Waals surface area (Å²) >= 11 is 7.93. The van der Waals surface area contributed by atoms with Crippen LogP contribution in [-0.2, 0) is 10.5 Å². The van der Waals surface area contributed by atoms with Gasteiger partial charge in [0.05, 0.1) is 13.2 Å². The Morgan fingerprint density at radius 3 is 2.56 bits per heavy atom. The lowest BCUT2D eigenvalue weighted by molar-refractivity contribution is 0.0383. The van der Waals surface area contributed by atoms with Crippen molar-refractivity contribution in [2.75, 3.05) is 77.0 Å². The number of aromatic nitrogens is 2. The Kier molecular flexibility index (Phi) is 11.0. The zero-order valence-corrected chi connectivity index (χ0v) is 24.8. The second-order valence-corrected chi connectivity index (χ2v) is 11.5. The number of hydrogen-bond acceptors (Lipinski definition) is 8. The standard InChI is InChI=1S/C31H37ClN6O2S/c32-28-23-29(38-16-14-36(15-17-38)12-5-9-25-6-2-1-3-7-25)35-31(34-28)41-24-26-8-4-10-27(22-26)30(39)33-11-13-37-18-20-40-21-19-37/h1-10,22-23H,11-21,24H2,(H,33,39). The summed E-state index contributed by atoms with van der Waals surface area (Å²) in [4.78, 5) is 29.0. The van der Waals surface area contributed by atoms with Gasteiger partial charge in [0.25, 0.3) is 5.91 Å². The molecule has 2 aromatic carbocycles. The third kappa shape index (κ3) is 9.28. The number of rotatable bonds is 11. The van der Waals surface area contributed by atoms with Gasteiger partial charge >= 0.3 is 0 Å².